The Kier molecular flexibility index (Phi) is 5.06. The van der Waals surface area contributed by atoms with E-state index in [4.69, 9.17) is 4.74 Å². The van der Waals surface area contributed by atoms with Gasteiger partial charge in [-0.3, -0.25) is 0 Å². The van der Waals surface area contributed by atoms with Gasteiger partial charge in [-0.1, -0.05) is 19.9 Å². The molecule has 0 N–H and O–H groups in total. The van der Waals surface area contributed by atoms with Gasteiger partial charge in [-0.25, -0.2) is 8.78 Å². The van der Waals surface area contributed by atoms with Gasteiger partial charge < -0.3 is 4.74 Å². The molecule has 17 heavy (non-hydrogen) atoms. The zero-order valence-corrected chi connectivity index (χ0v) is 10.7. The first-order chi connectivity index (χ1) is 8.03. The normalized spacial score (nSPS) is 14.6. The van der Waals surface area contributed by atoms with Gasteiger partial charge in [0.15, 0.2) is 0 Å². The maximum Gasteiger partial charge on any atom is 0.129 e. The van der Waals surface area contributed by atoms with E-state index >= 15 is 0 Å². The lowest BCUT2D eigenvalue weighted by atomic mass is 9.76. The van der Waals surface area contributed by atoms with Crippen LogP contribution in [0, 0.1) is 11.6 Å². The number of benzene rings is 1. The van der Waals surface area contributed by atoms with E-state index in [1.165, 1.54) is 6.07 Å². The van der Waals surface area contributed by atoms with Crippen LogP contribution < -0.4 is 0 Å². The molecule has 0 bridgehead atoms. The molecule has 0 heterocycles. The van der Waals surface area contributed by atoms with Crippen molar-refractivity contribution < 1.29 is 13.5 Å². The molecule has 1 aromatic carbocycles. The third-order valence-electron chi connectivity index (χ3n) is 3.44. The topological polar surface area (TPSA) is 9.23 Å². The van der Waals surface area contributed by atoms with Gasteiger partial charge in [0.2, 0.25) is 0 Å². The molecule has 0 radical (unpaired) electrons. The fourth-order valence-corrected chi connectivity index (χ4v) is 2.09. The molecular formula is C14H20F2O. The predicted molar refractivity (Wildman–Crippen MR) is 65.1 cm³/mol. The van der Waals surface area contributed by atoms with Crippen LogP contribution >= 0.6 is 0 Å². The molecule has 0 aliphatic rings. The van der Waals surface area contributed by atoms with Crippen LogP contribution in [0.3, 0.4) is 0 Å². The average molecular weight is 242 g/mol. The van der Waals surface area contributed by atoms with Crippen LogP contribution in [0.25, 0.3) is 0 Å². The number of rotatable bonds is 6. The summed E-state index contributed by atoms with van der Waals surface area (Å²) in [7, 11) is 1.65. The van der Waals surface area contributed by atoms with E-state index in [2.05, 4.69) is 0 Å². The highest BCUT2D eigenvalue weighted by Crippen LogP contribution is 2.34. The van der Waals surface area contributed by atoms with Crippen LogP contribution in [0.2, 0.25) is 0 Å². The van der Waals surface area contributed by atoms with E-state index < -0.39 is 11.6 Å². The summed E-state index contributed by atoms with van der Waals surface area (Å²) in [5.41, 5.74) is 0.341. The lowest BCUT2D eigenvalue weighted by molar-refractivity contribution is 0.183. The van der Waals surface area contributed by atoms with Gasteiger partial charge in [0.1, 0.15) is 11.6 Å². The minimum absolute atomic E-state index is 0.254. The van der Waals surface area contributed by atoms with E-state index in [0.29, 0.717) is 12.2 Å². The minimum atomic E-state index is -0.526. The monoisotopic (exact) mass is 242 g/mol. The van der Waals surface area contributed by atoms with Gasteiger partial charge in [0.05, 0.1) is 0 Å². The summed E-state index contributed by atoms with van der Waals surface area (Å²) in [6.07, 6.45) is 2.52. The van der Waals surface area contributed by atoms with Gasteiger partial charge in [-0.15, -0.1) is 0 Å². The van der Waals surface area contributed by atoms with Crippen molar-refractivity contribution in [3.05, 3.63) is 35.4 Å². The first-order valence-electron chi connectivity index (χ1n) is 5.98. The highest BCUT2D eigenvalue weighted by molar-refractivity contribution is 5.26. The number of ether oxygens (including phenoxy) is 1. The van der Waals surface area contributed by atoms with Crippen molar-refractivity contribution in [2.75, 3.05) is 13.7 Å². The fourth-order valence-electron chi connectivity index (χ4n) is 2.09. The Labute approximate surface area is 102 Å². The largest absolute Gasteiger partial charge is 0.385 e. The van der Waals surface area contributed by atoms with Gasteiger partial charge in [0, 0.05) is 19.8 Å². The summed E-state index contributed by atoms with van der Waals surface area (Å²) in [6.45, 7) is 4.70. The molecule has 0 saturated heterocycles. The van der Waals surface area contributed by atoms with E-state index in [1.54, 1.807) is 13.2 Å². The van der Waals surface area contributed by atoms with Gasteiger partial charge in [-0.2, -0.15) is 0 Å². The summed E-state index contributed by atoms with van der Waals surface area (Å²) >= 11 is 0. The van der Waals surface area contributed by atoms with Crippen LogP contribution in [0.1, 0.15) is 38.7 Å². The van der Waals surface area contributed by atoms with Crippen molar-refractivity contribution in [2.45, 2.75) is 38.5 Å². The fraction of sp³-hybridized carbons (Fsp3) is 0.571. The van der Waals surface area contributed by atoms with Crippen molar-refractivity contribution in [2.24, 2.45) is 0 Å². The first-order valence-corrected chi connectivity index (χ1v) is 5.98. The zero-order chi connectivity index (χ0) is 12.9. The molecule has 0 fully saturated rings. The molecule has 1 atom stereocenters. The van der Waals surface area contributed by atoms with E-state index in [1.807, 2.05) is 13.8 Å². The zero-order valence-electron chi connectivity index (χ0n) is 10.7. The van der Waals surface area contributed by atoms with Gasteiger partial charge in [0.25, 0.3) is 0 Å². The molecule has 0 aromatic heterocycles. The molecule has 1 aromatic rings. The Hall–Kier alpha value is -0.960. The molecule has 0 unspecified atom stereocenters. The smallest absolute Gasteiger partial charge is 0.129 e. The van der Waals surface area contributed by atoms with Crippen molar-refractivity contribution in [3.63, 3.8) is 0 Å². The maximum atomic E-state index is 13.8. The SMILES string of the molecule is CC[C@](C)(CCCOC)c1ccc(F)cc1F. The molecule has 0 saturated carbocycles. The second kappa shape index (κ2) is 6.10. The Morgan fingerprint density at radius 1 is 1.29 bits per heavy atom. The van der Waals surface area contributed by atoms with Gasteiger partial charge >= 0.3 is 0 Å². The first kappa shape index (κ1) is 14.1. The van der Waals surface area contributed by atoms with Crippen LogP contribution in [0.15, 0.2) is 18.2 Å². The minimum Gasteiger partial charge on any atom is -0.385 e. The van der Waals surface area contributed by atoms with Crippen molar-refractivity contribution in [1.82, 2.24) is 0 Å². The quantitative estimate of drug-likeness (QED) is 0.683. The number of halogens is 2. The molecule has 0 aliphatic heterocycles. The van der Waals surface area contributed by atoms with Crippen LogP contribution in [0.5, 0.6) is 0 Å². The summed E-state index contributed by atoms with van der Waals surface area (Å²) in [6, 6.07) is 3.84. The lowest BCUT2D eigenvalue weighted by Gasteiger charge is -2.29. The third kappa shape index (κ3) is 3.50. The Morgan fingerprint density at radius 3 is 2.53 bits per heavy atom. The molecule has 1 rings (SSSR count). The van der Waals surface area contributed by atoms with Gasteiger partial charge in [-0.05, 0) is 36.3 Å². The van der Waals surface area contributed by atoms with Crippen molar-refractivity contribution >= 4 is 0 Å². The number of methoxy groups -OCH3 is 1. The standard InChI is InChI=1S/C14H20F2O/c1-4-14(2,8-5-9-17-3)12-7-6-11(15)10-13(12)16/h6-7,10H,4-5,8-9H2,1-3H3/t14-/m1/s1. The Morgan fingerprint density at radius 2 is 2.00 bits per heavy atom. The molecule has 3 heteroatoms. The summed E-state index contributed by atoms with van der Waals surface area (Å²) in [5.74, 6) is -0.978. The van der Waals surface area contributed by atoms with Crippen LogP contribution in [-0.4, -0.2) is 13.7 Å². The second-order valence-electron chi connectivity index (χ2n) is 4.63. The van der Waals surface area contributed by atoms with Crippen molar-refractivity contribution in [3.8, 4) is 0 Å². The number of hydrogen-bond acceptors (Lipinski definition) is 1. The highest BCUT2D eigenvalue weighted by atomic mass is 19.1. The Bertz CT molecular complexity index is 365. The molecular weight excluding hydrogens is 222 g/mol. The average Bonchev–Trinajstić information content (AvgIpc) is 2.29. The second-order valence-corrected chi connectivity index (χ2v) is 4.63. The Balaban J connectivity index is 2.90. The molecule has 0 spiro atoms. The maximum absolute atomic E-state index is 13.8. The van der Waals surface area contributed by atoms with Crippen molar-refractivity contribution in [1.29, 1.82) is 0 Å². The molecule has 0 amide bonds. The lowest BCUT2D eigenvalue weighted by Crippen LogP contribution is -2.23. The summed E-state index contributed by atoms with van der Waals surface area (Å²) in [4.78, 5) is 0. The van der Waals surface area contributed by atoms with E-state index in [0.717, 1.165) is 25.3 Å². The van der Waals surface area contributed by atoms with Crippen LogP contribution in [0.4, 0.5) is 8.78 Å². The summed E-state index contributed by atoms with van der Waals surface area (Å²) < 4.78 is 31.7. The highest BCUT2D eigenvalue weighted by Gasteiger charge is 2.27. The molecule has 0 aliphatic carbocycles. The van der Waals surface area contributed by atoms with Crippen LogP contribution in [-0.2, 0) is 10.2 Å². The third-order valence-corrected chi connectivity index (χ3v) is 3.44. The molecule has 96 valence electrons. The van der Waals surface area contributed by atoms with E-state index in [9.17, 15) is 8.78 Å². The predicted octanol–water partition coefficient (Wildman–Crippen LogP) is 4.06. The summed E-state index contributed by atoms with van der Waals surface area (Å²) in [5, 5.41) is 0. The number of hydrogen-bond donors (Lipinski definition) is 0. The van der Waals surface area contributed by atoms with E-state index in [-0.39, 0.29) is 5.41 Å². The molecule has 1 nitrogen and oxygen atoms in total.